The molecule has 0 aromatic heterocycles. The van der Waals surface area contributed by atoms with E-state index in [1.807, 2.05) is 0 Å². The van der Waals surface area contributed by atoms with Gasteiger partial charge in [-0.05, 0) is 0 Å². The summed E-state index contributed by atoms with van der Waals surface area (Å²) in [5, 5.41) is 0. The van der Waals surface area contributed by atoms with Crippen LogP contribution in [0.15, 0.2) is 0 Å². The maximum absolute atomic E-state index is 8.66. The first-order valence-electron chi connectivity index (χ1n) is 1.64. The van der Waals surface area contributed by atoms with Crippen LogP contribution in [-0.4, -0.2) is 33.1 Å². The molecule has 0 unspecified atom stereocenters. The first-order chi connectivity index (χ1) is 4.00. The fraction of sp³-hybridized carbons (Fsp3) is 0. The molecule has 0 saturated heterocycles. The summed E-state index contributed by atoms with van der Waals surface area (Å²) in [6, 6.07) is 0. The molecule has 64 valence electrons. The summed E-state index contributed by atoms with van der Waals surface area (Å²) in [7, 11) is -9.75. The van der Waals surface area contributed by atoms with Crippen molar-refractivity contribution in [3.8, 4) is 0 Å². The second kappa shape index (κ2) is 9.71. The van der Waals surface area contributed by atoms with Crippen LogP contribution in [0.2, 0.25) is 0 Å². The van der Waals surface area contributed by atoms with Crippen molar-refractivity contribution in [1.29, 1.82) is 0 Å². The van der Waals surface area contributed by atoms with E-state index in [4.69, 9.17) is 38.4 Å². The smallest absolute Gasteiger partial charge is 0.790 e. The Morgan fingerprint density at radius 2 is 1.00 bits per heavy atom. The minimum atomic E-state index is -5.14. The van der Waals surface area contributed by atoms with Gasteiger partial charge in [0.05, 0.1) is 7.82 Å². The normalized spacial score (nSPS) is 9.92. The van der Waals surface area contributed by atoms with E-state index in [0.29, 0.717) is 0 Å². The summed E-state index contributed by atoms with van der Waals surface area (Å²) < 4.78 is 8.66. The second-order valence-corrected chi connectivity index (χ2v) is 3.21. The molecule has 0 rings (SSSR count). The van der Waals surface area contributed by atoms with E-state index in [1.165, 1.54) is 0 Å². The maximum atomic E-state index is 8.66. The van der Waals surface area contributed by atoms with Crippen LogP contribution in [0, 0.1) is 0 Å². The molecule has 12 heavy (non-hydrogen) atoms. The van der Waals surface area contributed by atoms with Crippen molar-refractivity contribution in [3.63, 3.8) is 0 Å². The number of hydrogen-bond acceptors (Lipinski definition) is 7. The second-order valence-electron chi connectivity index (χ2n) is 1.07. The molecule has 0 amide bonds. The molecule has 0 aromatic rings. The van der Waals surface area contributed by atoms with Gasteiger partial charge in [0.2, 0.25) is 0 Å². The zero-order chi connectivity index (χ0) is 9.00. The van der Waals surface area contributed by atoms with E-state index in [0.717, 1.165) is 0 Å². The molecule has 0 heterocycles. The fourth-order valence-electron chi connectivity index (χ4n) is 0. The summed E-state index contributed by atoms with van der Waals surface area (Å²) in [5.41, 5.74) is 0. The molecule has 0 saturated carbocycles. The van der Waals surface area contributed by atoms with Gasteiger partial charge in [0.15, 0.2) is 0 Å². The third kappa shape index (κ3) is 323. The molecule has 0 bridgehead atoms. The monoisotopic (exact) mass is 238 g/mol. The van der Waals surface area contributed by atoms with Gasteiger partial charge in [-0.15, -0.1) is 0 Å². The van der Waals surface area contributed by atoms with Gasteiger partial charge in [-0.2, -0.15) is 0 Å². The van der Waals surface area contributed by atoms with Crippen molar-refractivity contribution in [2.24, 2.45) is 0 Å². The maximum Gasteiger partial charge on any atom is 1.00 e. The van der Waals surface area contributed by atoms with E-state index in [2.05, 4.69) is 0 Å². The van der Waals surface area contributed by atoms with Crippen molar-refractivity contribution >= 4 is 16.9 Å². The van der Waals surface area contributed by atoms with E-state index < -0.39 is 16.9 Å². The summed E-state index contributed by atoms with van der Waals surface area (Å²) in [5.74, 6) is 0. The molecule has 0 atom stereocenters. The Balaban J connectivity index is -0.0000000457. The predicted molar refractivity (Wildman–Crippen MR) is 24.5 cm³/mol. The zero-order valence-corrected chi connectivity index (χ0v) is 12.3. The predicted octanol–water partition coefficient (Wildman–Crippen LogP) is -10.8. The minimum absolute atomic E-state index is 0. The van der Waals surface area contributed by atoms with Crippen molar-refractivity contribution in [1.82, 2.24) is 0 Å². The van der Waals surface area contributed by atoms with Crippen LogP contribution in [0.1, 0.15) is 0 Å². The van der Waals surface area contributed by atoms with Gasteiger partial charge in [-0.1, -0.05) is 0 Å². The molecule has 0 fully saturated rings. The molecule has 0 spiro atoms. The van der Waals surface area contributed by atoms with Crippen LogP contribution in [0.5, 0.6) is 0 Å². The Bertz CT molecular complexity index is 109. The van der Waals surface area contributed by atoms with Gasteiger partial charge in [0.1, 0.15) is 0 Å². The Morgan fingerprint density at radius 3 is 1.00 bits per heavy atom. The molecule has 0 radical (unpaired) electrons. The molecule has 5 N–H and O–H groups in total. The molecule has 12 heteroatoms. The summed E-state index contributed by atoms with van der Waals surface area (Å²) in [4.78, 5) is 53.6. The molecular weight excluding hydrogens is 233 g/mol. The van der Waals surface area contributed by atoms with Crippen LogP contribution >= 0.6 is 7.82 Å². The van der Waals surface area contributed by atoms with E-state index in [9.17, 15) is 0 Å². The molecule has 0 aliphatic carbocycles. The number of rotatable bonds is 0. The van der Waals surface area contributed by atoms with Crippen molar-refractivity contribution in [2.75, 3.05) is 0 Å². The quantitative estimate of drug-likeness (QED) is 0.205. The Kier molecular flexibility index (Phi) is 19.2. The standard InChI is InChI=1S/2Na.H3O4P.H4O4Si/c;;2*1-5(2,3)4/h;;(H3,1,2,3,4);1-4H/q2*+1;;/p-2. The van der Waals surface area contributed by atoms with Gasteiger partial charge < -0.3 is 38.4 Å². The average Bonchev–Trinajstić information content (AvgIpc) is 1.12. The summed E-state index contributed by atoms with van der Waals surface area (Å²) in [6.45, 7) is 0. The van der Waals surface area contributed by atoms with Gasteiger partial charge in [-0.25, -0.2) is 0 Å². The number of phosphoric acid groups is 1. The third-order valence-corrected chi connectivity index (χ3v) is 0. The van der Waals surface area contributed by atoms with E-state index >= 15 is 0 Å². The molecular formula is H5Na2O8PSi. The Morgan fingerprint density at radius 1 is 1.00 bits per heavy atom. The fourth-order valence-corrected chi connectivity index (χ4v) is 0. The number of hydrogen-bond donors (Lipinski definition) is 5. The van der Waals surface area contributed by atoms with E-state index in [1.54, 1.807) is 0 Å². The minimum Gasteiger partial charge on any atom is -0.790 e. The molecule has 8 nitrogen and oxygen atoms in total. The Hall–Kier alpha value is 2.17. The largest absolute Gasteiger partial charge is 1.00 e. The van der Waals surface area contributed by atoms with Gasteiger partial charge >= 0.3 is 68.2 Å². The third-order valence-electron chi connectivity index (χ3n) is 0. The van der Waals surface area contributed by atoms with Gasteiger partial charge in [-0.3, -0.25) is 0 Å². The molecule has 0 aliphatic heterocycles. The first kappa shape index (κ1) is 23.8. The van der Waals surface area contributed by atoms with Gasteiger partial charge in [0.25, 0.3) is 0 Å². The van der Waals surface area contributed by atoms with Crippen LogP contribution < -0.4 is 68.9 Å². The van der Waals surface area contributed by atoms with E-state index in [-0.39, 0.29) is 59.1 Å². The molecule has 0 aliphatic rings. The van der Waals surface area contributed by atoms with Crippen LogP contribution in [0.4, 0.5) is 0 Å². The van der Waals surface area contributed by atoms with Crippen molar-refractivity contribution < 1.29 is 97.5 Å². The average molecular weight is 238 g/mol. The summed E-state index contributed by atoms with van der Waals surface area (Å²) >= 11 is 0. The van der Waals surface area contributed by atoms with Crippen LogP contribution in [-0.2, 0) is 4.57 Å². The van der Waals surface area contributed by atoms with Crippen LogP contribution in [0.25, 0.3) is 0 Å². The van der Waals surface area contributed by atoms with Crippen molar-refractivity contribution in [2.45, 2.75) is 0 Å². The van der Waals surface area contributed by atoms with Crippen molar-refractivity contribution in [3.05, 3.63) is 0 Å². The molecule has 0 aromatic carbocycles. The summed E-state index contributed by atoms with van der Waals surface area (Å²) in [6.07, 6.45) is 0. The first-order valence-corrected chi connectivity index (χ1v) is 4.93. The van der Waals surface area contributed by atoms with Gasteiger partial charge in [0, 0.05) is 0 Å². The van der Waals surface area contributed by atoms with Crippen LogP contribution in [0.3, 0.4) is 0 Å². The zero-order valence-electron chi connectivity index (χ0n) is 6.41. The Labute approximate surface area is 113 Å². The topological polar surface area (TPSA) is 164 Å². The SMILES string of the molecule is O=P([O-])([O-])O.O[Si](O)(O)O.[Na+].[Na+].